The monoisotopic (exact) mass is 266 g/mol. The van der Waals surface area contributed by atoms with Gasteiger partial charge in [0.15, 0.2) is 0 Å². The van der Waals surface area contributed by atoms with E-state index in [1.807, 2.05) is 23.8 Å². The van der Waals surface area contributed by atoms with Gasteiger partial charge in [0.2, 0.25) is 0 Å². The second-order valence-electron chi connectivity index (χ2n) is 3.61. The number of pyridine rings is 1. The first-order valence-corrected chi connectivity index (χ1v) is 6.43. The summed E-state index contributed by atoms with van der Waals surface area (Å²) in [4.78, 5) is 15.8. The van der Waals surface area contributed by atoms with E-state index in [0.717, 1.165) is 5.56 Å². The largest absolute Gasteiger partial charge is 0.345 e. The number of nitrogens with one attached hydrogen (secondary N) is 1. The second-order valence-corrected chi connectivity index (χ2v) is 4.79. The summed E-state index contributed by atoms with van der Waals surface area (Å²) in [6.07, 6.45) is 3.02. The number of aromatic nitrogens is 1. The summed E-state index contributed by atoms with van der Waals surface area (Å²) in [5.74, 6) is -0.184. The van der Waals surface area contributed by atoms with E-state index in [1.165, 1.54) is 6.20 Å². The number of halogens is 1. The van der Waals surface area contributed by atoms with Gasteiger partial charge in [-0.25, -0.2) is 0 Å². The molecule has 2 aromatic rings. The number of rotatable bonds is 3. The maximum Gasteiger partial charge on any atom is 0.253 e. The molecule has 1 atom stereocenters. The Labute approximate surface area is 108 Å². The molecule has 0 aliphatic heterocycles. The van der Waals surface area contributed by atoms with Crippen LogP contribution in [0.15, 0.2) is 35.3 Å². The lowest BCUT2D eigenvalue weighted by molar-refractivity contribution is 0.0940. The topological polar surface area (TPSA) is 42.0 Å². The average Bonchev–Trinajstić information content (AvgIpc) is 2.82. The lowest BCUT2D eigenvalue weighted by atomic mass is 10.1. The van der Waals surface area contributed by atoms with Gasteiger partial charge in [0.05, 0.1) is 16.6 Å². The third kappa shape index (κ3) is 2.84. The Morgan fingerprint density at radius 1 is 1.53 bits per heavy atom. The zero-order valence-corrected chi connectivity index (χ0v) is 10.8. The predicted octanol–water partition coefficient (Wildman–Crippen LogP) is 3.29. The summed E-state index contributed by atoms with van der Waals surface area (Å²) < 4.78 is 0. The Hall–Kier alpha value is -1.39. The fourth-order valence-corrected chi connectivity index (χ4v) is 2.40. The fourth-order valence-electron chi connectivity index (χ4n) is 1.44. The van der Waals surface area contributed by atoms with Crippen molar-refractivity contribution in [3.05, 3.63) is 51.4 Å². The van der Waals surface area contributed by atoms with Crippen molar-refractivity contribution in [3.63, 3.8) is 0 Å². The first-order valence-electron chi connectivity index (χ1n) is 5.11. The normalized spacial score (nSPS) is 12.1. The number of hydrogen-bond acceptors (Lipinski definition) is 3. The highest BCUT2D eigenvalue weighted by Gasteiger charge is 2.13. The smallest absolute Gasteiger partial charge is 0.253 e. The molecule has 0 aromatic carbocycles. The number of carbonyl (C=O) groups excluding carboxylic acids is 1. The van der Waals surface area contributed by atoms with Crippen LogP contribution in [-0.4, -0.2) is 10.9 Å². The Balaban J connectivity index is 2.10. The number of hydrogen-bond donors (Lipinski definition) is 1. The molecule has 1 unspecified atom stereocenters. The van der Waals surface area contributed by atoms with Crippen molar-refractivity contribution in [2.24, 2.45) is 0 Å². The molecule has 0 saturated heterocycles. The lowest BCUT2D eigenvalue weighted by Gasteiger charge is -2.13. The van der Waals surface area contributed by atoms with Gasteiger partial charge in [0.1, 0.15) is 0 Å². The van der Waals surface area contributed by atoms with Gasteiger partial charge in [-0.1, -0.05) is 11.6 Å². The third-order valence-electron chi connectivity index (χ3n) is 2.41. The average molecular weight is 267 g/mol. The van der Waals surface area contributed by atoms with Crippen molar-refractivity contribution in [1.29, 1.82) is 0 Å². The first-order chi connectivity index (χ1) is 8.18. The van der Waals surface area contributed by atoms with Crippen molar-refractivity contribution in [3.8, 4) is 0 Å². The SMILES string of the molecule is CC(NC(=O)c1ccncc1Cl)c1ccsc1. The Morgan fingerprint density at radius 2 is 2.35 bits per heavy atom. The van der Waals surface area contributed by atoms with Crippen LogP contribution in [0.3, 0.4) is 0 Å². The Morgan fingerprint density at radius 3 is 3.00 bits per heavy atom. The lowest BCUT2D eigenvalue weighted by Crippen LogP contribution is -2.26. The van der Waals surface area contributed by atoms with E-state index in [0.29, 0.717) is 10.6 Å². The standard InChI is InChI=1S/C12H11ClN2OS/c1-8(9-3-5-17-7-9)15-12(16)10-2-4-14-6-11(10)13/h2-8H,1H3,(H,15,16). The first kappa shape index (κ1) is 12.1. The zero-order chi connectivity index (χ0) is 12.3. The van der Waals surface area contributed by atoms with Crippen LogP contribution >= 0.6 is 22.9 Å². The molecule has 1 N–H and O–H groups in total. The van der Waals surface area contributed by atoms with Gasteiger partial charge < -0.3 is 5.32 Å². The van der Waals surface area contributed by atoms with Crippen molar-refractivity contribution in [2.45, 2.75) is 13.0 Å². The van der Waals surface area contributed by atoms with Crippen LogP contribution in [0.5, 0.6) is 0 Å². The molecule has 3 nitrogen and oxygen atoms in total. The van der Waals surface area contributed by atoms with E-state index in [4.69, 9.17) is 11.6 Å². The van der Waals surface area contributed by atoms with Crippen LogP contribution in [0.2, 0.25) is 5.02 Å². The molecule has 0 aliphatic rings. The van der Waals surface area contributed by atoms with Gasteiger partial charge in [0.25, 0.3) is 5.91 Å². The molecule has 0 fully saturated rings. The zero-order valence-electron chi connectivity index (χ0n) is 9.18. The van der Waals surface area contributed by atoms with Crippen molar-refractivity contribution in [2.75, 3.05) is 0 Å². The van der Waals surface area contributed by atoms with Gasteiger partial charge >= 0.3 is 0 Å². The minimum atomic E-state index is -0.184. The van der Waals surface area contributed by atoms with Gasteiger partial charge in [-0.15, -0.1) is 0 Å². The van der Waals surface area contributed by atoms with E-state index in [9.17, 15) is 4.79 Å². The van der Waals surface area contributed by atoms with Gasteiger partial charge in [-0.3, -0.25) is 9.78 Å². The molecule has 2 rings (SSSR count). The molecule has 0 spiro atoms. The summed E-state index contributed by atoms with van der Waals surface area (Å²) in [7, 11) is 0. The number of thiophene rings is 1. The molecule has 1 amide bonds. The van der Waals surface area contributed by atoms with Crippen LogP contribution < -0.4 is 5.32 Å². The molecule has 5 heteroatoms. The van der Waals surface area contributed by atoms with E-state index in [2.05, 4.69) is 10.3 Å². The van der Waals surface area contributed by atoms with E-state index in [1.54, 1.807) is 23.6 Å². The maximum absolute atomic E-state index is 12.0. The highest BCUT2D eigenvalue weighted by molar-refractivity contribution is 7.07. The minimum absolute atomic E-state index is 0.0296. The van der Waals surface area contributed by atoms with Crippen LogP contribution in [0.1, 0.15) is 28.9 Å². The molecule has 17 heavy (non-hydrogen) atoms. The number of nitrogens with zero attached hydrogens (tertiary/aromatic N) is 1. The molecule has 2 heterocycles. The number of carbonyl (C=O) groups is 1. The maximum atomic E-state index is 12.0. The fraction of sp³-hybridized carbons (Fsp3) is 0.167. The Bertz CT molecular complexity index is 513. The summed E-state index contributed by atoms with van der Waals surface area (Å²) >= 11 is 7.51. The molecule has 0 saturated carbocycles. The van der Waals surface area contributed by atoms with Crippen molar-refractivity contribution >= 4 is 28.8 Å². The quantitative estimate of drug-likeness (QED) is 0.926. The van der Waals surface area contributed by atoms with Crippen LogP contribution in [0, 0.1) is 0 Å². The highest BCUT2D eigenvalue weighted by Crippen LogP contribution is 2.18. The summed E-state index contributed by atoms with van der Waals surface area (Å²) in [5, 5.41) is 7.25. The Kier molecular flexibility index (Phi) is 3.76. The molecular formula is C12H11ClN2OS. The predicted molar refractivity (Wildman–Crippen MR) is 69.4 cm³/mol. The molecule has 0 aliphatic carbocycles. The van der Waals surface area contributed by atoms with Gasteiger partial charge in [0, 0.05) is 12.4 Å². The molecule has 0 bridgehead atoms. The molecular weight excluding hydrogens is 256 g/mol. The third-order valence-corrected chi connectivity index (χ3v) is 3.41. The van der Waals surface area contributed by atoms with Gasteiger partial charge in [-0.2, -0.15) is 11.3 Å². The number of amides is 1. The molecule has 88 valence electrons. The van der Waals surface area contributed by atoms with E-state index in [-0.39, 0.29) is 11.9 Å². The van der Waals surface area contributed by atoms with E-state index < -0.39 is 0 Å². The van der Waals surface area contributed by atoms with Gasteiger partial charge in [-0.05, 0) is 35.4 Å². The summed E-state index contributed by atoms with van der Waals surface area (Å²) in [6, 6.07) is 3.57. The van der Waals surface area contributed by atoms with Crippen molar-refractivity contribution < 1.29 is 4.79 Å². The van der Waals surface area contributed by atoms with Crippen LogP contribution in [-0.2, 0) is 0 Å². The molecule has 0 radical (unpaired) electrons. The van der Waals surface area contributed by atoms with Crippen LogP contribution in [0.4, 0.5) is 0 Å². The summed E-state index contributed by atoms with van der Waals surface area (Å²) in [6.45, 7) is 1.94. The minimum Gasteiger partial charge on any atom is -0.345 e. The highest BCUT2D eigenvalue weighted by atomic mass is 35.5. The van der Waals surface area contributed by atoms with E-state index >= 15 is 0 Å². The second kappa shape index (κ2) is 5.29. The molecule has 2 aromatic heterocycles. The van der Waals surface area contributed by atoms with Crippen LogP contribution in [0.25, 0.3) is 0 Å². The summed E-state index contributed by atoms with van der Waals surface area (Å²) in [5.41, 5.74) is 1.54. The van der Waals surface area contributed by atoms with Crippen molar-refractivity contribution in [1.82, 2.24) is 10.3 Å².